The summed E-state index contributed by atoms with van der Waals surface area (Å²) in [4.78, 5) is 28.9. The van der Waals surface area contributed by atoms with Crippen molar-refractivity contribution in [1.29, 1.82) is 0 Å². The van der Waals surface area contributed by atoms with Gasteiger partial charge in [-0.05, 0) is 62.1 Å². The Morgan fingerprint density at radius 3 is 2.17 bits per heavy atom. The molecule has 0 saturated heterocycles. The Morgan fingerprint density at radius 2 is 1.56 bits per heavy atom. The van der Waals surface area contributed by atoms with E-state index in [1.807, 2.05) is 63.2 Å². The van der Waals surface area contributed by atoms with Gasteiger partial charge in [-0.2, -0.15) is 0 Å². The first-order valence-electron chi connectivity index (χ1n) is 13.5. The summed E-state index contributed by atoms with van der Waals surface area (Å²) in [6.07, 6.45) is 1.77. The lowest BCUT2D eigenvalue weighted by Gasteiger charge is -2.32. The highest BCUT2D eigenvalue weighted by molar-refractivity contribution is 7.92. The first-order valence-corrected chi connectivity index (χ1v) is 16.1. The second kappa shape index (κ2) is 14.7. The average Bonchev–Trinajstić information content (AvgIpc) is 2.90. The topological polar surface area (TPSA) is 86.8 Å². The predicted octanol–water partition coefficient (Wildman–Crippen LogP) is 6.01. The van der Waals surface area contributed by atoms with Crippen molar-refractivity contribution >= 4 is 50.7 Å². The highest BCUT2D eigenvalue weighted by Gasteiger charge is 2.31. The molecule has 0 aliphatic rings. The van der Waals surface area contributed by atoms with Crippen molar-refractivity contribution in [1.82, 2.24) is 10.2 Å². The van der Waals surface area contributed by atoms with Crippen LogP contribution >= 0.6 is 23.2 Å². The van der Waals surface area contributed by atoms with Crippen molar-refractivity contribution < 1.29 is 18.0 Å². The average molecular weight is 619 g/mol. The minimum absolute atomic E-state index is 0.0411. The summed E-state index contributed by atoms with van der Waals surface area (Å²) in [5, 5.41) is 3.70. The molecule has 3 aromatic carbocycles. The minimum Gasteiger partial charge on any atom is -0.352 e. The van der Waals surface area contributed by atoms with E-state index in [-0.39, 0.29) is 43.8 Å². The normalized spacial score (nSPS) is 12.2. The third kappa shape index (κ3) is 9.48. The number of benzene rings is 3. The number of hydrogen-bond acceptors (Lipinski definition) is 4. The van der Waals surface area contributed by atoms with Crippen molar-refractivity contribution in [2.45, 2.75) is 58.7 Å². The van der Waals surface area contributed by atoms with Crippen LogP contribution in [0.5, 0.6) is 0 Å². The fourth-order valence-corrected chi connectivity index (χ4v) is 5.94. The number of nitrogens with zero attached hydrogens (tertiary/aromatic N) is 2. The van der Waals surface area contributed by atoms with Crippen molar-refractivity contribution in [3.05, 3.63) is 99.5 Å². The molecule has 1 N–H and O–H groups in total. The van der Waals surface area contributed by atoms with E-state index in [0.29, 0.717) is 22.2 Å². The molecule has 3 rings (SSSR count). The van der Waals surface area contributed by atoms with Crippen LogP contribution in [-0.2, 0) is 32.6 Å². The van der Waals surface area contributed by atoms with E-state index >= 15 is 0 Å². The van der Waals surface area contributed by atoms with E-state index in [1.54, 1.807) is 35.2 Å². The van der Waals surface area contributed by atoms with Gasteiger partial charge < -0.3 is 10.2 Å². The summed E-state index contributed by atoms with van der Waals surface area (Å²) >= 11 is 12.4. The number of hydrogen-bond donors (Lipinski definition) is 1. The Kier molecular flexibility index (Phi) is 11.6. The van der Waals surface area contributed by atoms with E-state index in [0.717, 1.165) is 22.9 Å². The first kappa shape index (κ1) is 32.4. The maximum absolute atomic E-state index is 13.9. The monoisotopic (exact) mass is 617 g/mol. The fourth-order valence-electron chi connectivity index (χ4n) is 4.60. The molecule has 0 aliphatic carbocycles. The highest BCUT2D eigenvalue weighted by Crippen LogP contribution is 2.26. The molecule has 0 aromatic heterocycles. The van der Waals surface area contributed by atoms with Crippen LogP contribution in [0.1, 0.15) is 43.4 Å². The molecule has 0 fully saturated rings. The molecule has 220 valence electrons. The molecule has 1 unspecified atom stereocenters. The number of nitrogens with one attached hydrogen (secondary N) is 1. The third-order valence-electron chi connectivity index (χ3n) is 6.58. The summed E-state index contributed by atoms with van der Waals surface area (Å²) in [7, 11) is -3.58. The zero-order valence-corrected chi connectivity index (χ0v) is 26.1. The van der Waals surface area contributed by atoms with Gasteiger partial charge >= 0.3 is 0 Å². The molecule has 10 heteroatoms. The molecule has 0 aliphatic heterocycles. The van der Waals surface area contributed by atoms with Crippen LogP contribution in [0.2, 0.25) is 10.0 Å². The smallest absolute Gasteiger partial charge is 0.243 e. The van der Waals surface area contributed by atoms with Gasteiger partial charge in [-0.25, -0.2) is 8.42 Å². The fraction of sp³-hybridized carbons (Fsp3) is 0.355. The first-order chi connectivity index (χ1) is 19.4. The molecule has 0 bridgehead atoms. The Bertz CT molecular complexity index is 1450. The zero-order valence-electron chi connectivity index (χ0n) is 23.8. The number of carbonyl (C=O) groups excluding carboxylic acids is 2. The molecule has 1 atom stereocenters. The Labute approximate surface area is 253 Å². The van der Waals surface area contributed by atoms with Crippen LogP contribution in [0.4, 0.5) is 5.69 Å². The lowest BCUT2D eigenvalue weighted by molar-refractivity contribution is -0.141. The number of aryl methyl sites for hydroxylation is 1. The van der Waals surface area contributed by atoms with Crippen LogP contribution < -0.4 is 9.62 Å². The van der Waals surface area contributed by atoms with Gasteiger partial charge in [-0.15, -0.1) is 0 Å². The number of anilines is 1. The maximum Gasteiger partial charge on any atom is 0.243 e. The summed E-state index contributed by atoms with van der Waals surface area (Å²) in [6, 6.07) is 20.9. The van der Waals surface area contributed by atoms with Gasteiger partial charge in [0.1, 0.15) is 6.04 Å². The molecule has 3 aromatic rings. The van der Waals surface area contributed by atoms with E-state index in [4.69, 9.17) is 23.2 Å². The number of halogens is 2. The van der Waals surface area contributed by atoms with Gasteiger partial charge in [0.05, 0.1) is 22.0 Å². The Morgan fingerprint density at radius 1 is 0.902 bits per heavy atom. The van der Waals surface area contributed by atoms with Crippen LogP contribution in [0.15, 0.2) is 72.8 Å². The van der Waals surface area contributed by atoms with Crippen LogP contribution in [0.3, 0.4) is 0 Å². The standard InChI is InChI=1S/C31H37Cl2N3O4S/c1-22(2)34-31(38)29(20-24-12-6-5-7-13-24)35(21-25-16-17-26(32)27(33)19-25)30(37)15-10-18-36(41(4,39)40)28-14-9-8-11-23(28)3/h5-9,11-14,16-17,19,22,29H,10,15,18,20-21H2,1-4H3,(H,34,38). The molecule has 2 amide bonds. The van der Waals surface area contributed by atoms with Crippen molar-refractivity contribution in [2.75, 3.05) is 17.1 Å². The van der Waals surface area contributed by atoms with Crippen molar-refractivity contribution in [2.24, 2.45) is 0 Å². The molecule has 0 heterocycles. The maximum atomic E-state index is 13.9. The summed E-state index contributed by atoms with van der Waals surface area (Å²) in [5.74, 6) is -0.538. The molecule has 0 radical (unpaired) electrons. The zero-order chi connectivity index (χ0) is 30.2. The number of sulfonamides is 1. The largest absolute Gasteiger partial charge is 0.352 e. The third-order valence-corrected chi connectivity index (χ3v) is 8.49. The van der Waals surface area contributed by atoms with Crippen LogP contribution in [0.25, 0.3) is 0 Å². The van der Waals surface area contributed by atoms with Gasteiger partial charge in [-0.1, -0.05) is 77.8 Å². The van der Waals surface area contributed by atoms with E-state index < -0.39 is 16.1 Å². The minimum atomic E-state index is -3.58. The molecular formula is C31H37Cl2N3O4S. The molecule has 0 spiro atoms. The van der Waals surface area contributed by atoms with E-state index in [1.165, 1.54) is 4.31 Å². The van der Waals surface area contributed by atoms with Gasteiger partial charge in [0, 0.05) is 32.0 Å². The highest BCUT2D eigenvalue weighted by atomic mass is 35.5. The summed E-state index contributed by atoms with van der Waals surface area (Å²) in [6.45, 7) is 5.84. The van der Waals surface area contributed by atoms with Crippen molar-refractivity contribution in [3.8, 4) is 0 Å². The number of carbonyl (C=O) groups is 2. The van der Waals surface area contributed by atoms with Gasteiger partial charge in [0.2, 0.25) is 21.8 Å². The predicted molar refractivity (Wildman–Crippen MR) is 167 cm³/mol. The summed E-state index contributed by atoms with van der Waals surface area (Å²) < 4.78 is 26.6. The SMILES string of the molecule is Cc1ccccc1N(CCCC(=O)N(Cc1ccc(Cl)c(Cl)c1)C(Cc1ccccc1)C(=O)NC(C)C)S(C)(=O)=O. The number of para-hydroxylation sites is 1. The van der Waals surface area contributed by atoms with Crippen molar-refractivity contribution in [3.63, 3.8) is 0 Å². The number of rotatable bonds is 13. The second-order valence-electron chi connectivity index (χ2n) is 10.4. The molecule has 0 saturated carbocycles. The lowest BCUT2D eigenvalue weighted by atomic mass is 10.0. The number of amides is 2. The van der Waals surface area contributed by atoms with Gasteiger partial charge in [0.25, 0.3) is 0 Å². The van der Waals surface area contributed by atoms with Crippen LogP contribution in [0, 0.1) is 6.92 Å². The van der Waals surface area contributed by atoms with Crippen LogP contribution in [-0.4, -0.2) is 50.0 Å². The Balaban J connectivity index is 1.91. The Hall–Kier alpha value is -3.07. The van der Waals surface area contributed by atoms with Gasteiger partial charge in [-0.3, -0.25) is 13.9 Å². The molecule has 41 heavy (non-hydrogen) atoms. The lowest BCUT2D eigenvalue weighted by Crippen LogP contribution is -2.51. The quantitative estimate of drug-likeness (QED) is 0.254. The van der Waals surface area contributed by atoms with E-state index in [2.05, 4.69) is 5.32 Å². The molecule has 7 nitrogen and oxygen atoms in total. The van der Waals surface area contributed by atoms with Gasteiger partial charge in [0.15, 0.2) is 0 Å². The summed E-state index contributed by atoms with van der Waals surface area (Å²) in [5.41, 5.74) is 3.03. The second-order valence-corrected chi connectivity index (χ2v) is 13.1. The van der Waals surface area contributed by atoms with E-state index in [9.17, 15) is 18.0 Å². The molecular weight excluding hydrogens is 581 g/mol.